The van der Waals surface area contributed by atoms with Crippen molar-refractivity contribution in [1.82, 2.24) is 10.2 Å². The molecular weight excluding hydrogens is 385 g/mol. The lowest BCUT2D eigenvalue weighted by Gasteiger charge is -2.36. The second-order valence-corrected chi connectivity index (χ2v) is 7.55. The molecule has 5 nitrogen and oxygen atoms in total. The molecule has 2 aromatic rings. The average molecular weight is 408 g/mol. The molecule has 7 heteroatoms. The van der Waals surface area contributed by atoms with Gasteiger partial charge in [0.05, 0.1) is 18.3 Å². The summed E-state index contributed by atoms with van der Waals surface area (Å²) in [5.41, 5.74) is 1.69. The first kappa shape index (κ1) is 19.8. The molecule has 1 aliphatic rings. The van der Waals surface area contributed by atoms with E-state index in [-0.39, 0.29) is 17.7 Å². The van der Waals surface area contributed by atoms with Crippen molar-refractivity contribution in [2.45, 2.75) is 13.0 Å². The number of para-hydroxylation sites is 2. The monoisotopic (exact) mass is 407 g/mol. The molecule has 0 aliphatic carbocycles. The number of piperazine rings is 1. The van der Waals surface area contributed by atoms with Gasteiger partial charge >= 0.3 is 0 Å². The van der Waals surface area contributed by atoms with Crippen LogP contribution in [-0.2, 0) is 4.79 Å². The van der Waals surface area contributed by atoms with Crippen molar-refractivity contribution in [3.05, 3.63) is 58.1 Å². The normalized spacial score (nSPS) is 16.2. The molecule has 0 bridgehead atoms. The lowest BCUT2D eigenvalue weighted by atomic mass is 10.1. The SMILES string of the molecule is CC(NC(=O)CN1CCN(c2ccccc2O)CC1)c1ccc(Cl)cc1Cl. The summed E-state index contributed by atoms with van der Waals surface area (Å²) < 4.78 is 0. The molecule has 3 rings (SSSR count). The molecule has 0 saturated carbocycles. The van der Waals surface area contributed by atoms with E-state index in [4.69, 9.17) is 23.2 Å². The molecule has 1 aliphatic heterocycles. The van der Waals surface area contributed by atoms with Gasteiger partial charge in [-0.15, -0.1) is 0 Å². The molecule has 144 valence electrons. The third-order valence-electron chi connectivity index (χ3n) is 4.77. The summed E-state index contributed by atoms with van der Waals surface area (Å²) in [6.07, 6.45) is 0. The first-order valence-electron chi connectivity index (χ1n) is 8.93. The maximum Gasteiger partial charge on any atom is 0.234 e. The smallest absolute Gasteiger partial charge is 0.234 e. The molecule has 2 aromatic carbocycles. The summed E-state index contributed by atoms with van der Waals surface area (Å²) in [4.78, 5) is 16.7. The number of phenolic OH excluding ortho intramolecular Hbond substituents is 1. The van der Waals surface area contributed by atoms with Gasteiger partial charge < -0.3 is 15.3 Å². The van der Waals surface area contributed by atoms with Crippen LogP contribution in [0.3, 0.4) is 0 Å². The summed E-state index contributed by atoms with van der Waals surface area (Å²) in [5, 5.41) is 14.1. The maximum absolute atomic E-state index is 12.4. The van der Waals surface area contributed by atoms with Crippen molar-refractivity contribution in [3.63, 3.8) is 0 Å². The number of hydrogen-bond acceptors (Lipinski definition) is 4. The van der Waals surface area contributed by atoms with Crippen molar-refractivity contribution in [1.29, 1.82) is 0 Å². The van der Waals surface area contributed by atoms with E-state index in [2.05, 4.69) is 15.1 Å². The molecule has 0 radical (unpaired) electrons. The molecule has 0 aromatic heterocycles. The number of carbonyl (C=O) groups is 1. The fraction of sp³-hybridized carbons (Fsp3) is 0.350. The minimum Gasteiger partial charge on any atom is -0.506 e. The zero-order valence-electron chi connectivity index (χ0n) is 15.2. The average Bonchev–Trinajstić information content (AvgIpc) is 2.62. The second kappa shape index (κ2) is 8.83. The highest BCUT2D eigenvalue weighted by Gasteiger charge is 2.21. The predicted octanol–water partition coefficient (Wildman–Crippen LogP) is 3.70. The van der Waals surface area contributed by atoms with E-state index >= 15 is 0 Å². The molecule has 1 heterocycles. The van der Waals surface area contributed by atoms with E-state index in [1.165, 1.54) is 0 Å². The van der Waals surface area contributed by atoms with Gasteiger partial charge in [-0.2, -0.15) is 0 Å². The van der Waals surface area contributed by atoms with Gasteiger partial charge in [0.1, 0.15) is 5.75 Å². The second-order valence-electron chi connectivity index (χ2n) is 6.71. The van der Waals surface area contributed by atoms with E-state index in [0.717, 1.165) is 37.4 Å². The number of amides is 1. The number of nitrogens with one attached hydrogen (secondary N) is 1. The van der Waals surface area contributed by atoms with Crippen molar-refractivity contribution < 1.29 is 9.90 Å². The van der Waals surface area contributed by atoms with Crippen molar-refractivity contribution in [2.24, 2.45) is 0 Å². The minimum absolute atomic E-state index is 0.0375. The van der Waals surface area contributed by atoms with Gasteiger partial charge in [0.25, 0.3) is 0 Å². The number of phenols is 1. The third kappa shape index (κ3) is 5.06. The summed E-state index contributed by atoms with van der Waals surface area (Å²) >= 11 is 12.1. The fourth-order valence-electron chi connectivity index (χ4n) is 3.30. The van der Waals surface area contributed by atoms with Gasteiger partial charge in [0.15, 0.2) is 0 Å². The Labute approximate surface area is 169 Å². The summed E-state index contributed by atoms with van der Waals surface area (Å²) in [7, 11) is 0. The zero-order chi connectivity index (χ0) is 19.4. The molecule has 1 amide bonds. The fourth-order valence-corrected chi connectivity index (χ4v) is 3.87. The number of nitrogens with zero attached hydrogens (tertiary/aromatic N) is 2. The Hall–Kier alpha value is -1.95. The van der Waals surface area contributed by atoms with Gasteiger partial charge in [-0.25, -0.2) is 0 Å². The van der Waals surface area contributed by atoms with Gasteiger partial charge in [0.2, 0.25) is 5.91 Å². The summed E-state index contributed by atoms with van der Waals surface area (Å²) in [5.74, 6) is 0.252. The molecule has 27 heavy (non-hydrogen) atoms. The lowest BCUT2D eigenvalue weighted by Crippen LogP contribution is -2.49. The molecule has 1 unspecified atom stereocenters. The Morgan fingerprint density at radius 2 is 1.85 bits per heavy atom. The Bertz CT molecular complexity index is 808. The van der Waals surface area contributed by atoms with Crippen molar-refractivity contribution >= 4 is 34.8 Å². The number of anilines is 1. The number of benzene rings is 2. The van der Waals surface area contributed by atoms with Crippen LogP contribution in [0.1, 0.15) is 18.5 Å². The van der Waals surface area contributed by atoms with Crippen LogP contribution in [-0.4, -0.2) is 48.6 Å². The summed E-state index contributed by atoms with van der Waals surface area (Å²) in [6.45, 7) is 5.30. The van der Waals surface area contributed by atoms with Gasteiger partial charge in [-0.3, -0.25) is 9.69 Å². The first-order chi connectivity index (χ1) is 12.9. The highest BCUT2D eigenvalue weighted by molar-refractivity contribution is 6.35. The van der Waals surface area contributed by atoms with Crippen LogP contribution >= 0.6 is 23.2 Å². The van der Waals surface area contributed by atoms with Crippen LogP contribution < -0.4 is 10.2 Å². The van der Waals surface area contributed by atoms with Gasteiger partial charge in [-0.05, 0) is 36.8 Å². The number of aromatic hydroxyl groups is 1. The van der Waals surface area contributed by atoms with Crippen LogP contribution in [0, 0.1) is 0 Å². The van der Waals surface area contributed by atoms with Gasteiger partial charge in [-0.1, -0.05) is 41.4 Å². The molecule has 1 saturated heterocycles. The maximum atomic E-state index is 12.4. The Balaban J connectivity index is 1.50. The highest BCUT2D eigenvalue weighted by atomic mass is 35.5. The van der Waals surface area contributed by atoms with E-state index < -0.39 is 0 Å². The molecular formula is C20H23Cl2N3O2. The largest absolute Gasteiger partial charge is 0.506 e. The van der Waals surface area contributed by atoms with Crippen molar-refractivity contribution in [2.75, 3.05) is 37.6 Å². The Morgan fingerprint density at radius 1 is 1.15 bits per heavy atom. The quantitative estimate of drug-likeness (QED) is 0.793. The van der Waals surface area contributed by atoms with E-state index in [1.54, 1.807) is 18.2 Å². The van der Waals surface area contributed by atoms with E-state index in [0.29, 0.717) is 16.6 Å². The molecule has 2 N–H and O–H groups in total. The molecule has 1 fully saturated rings. The number of halogens is 2. The van der Waals surface area contributed by atoms with E-state index in [9.17, 15) is 9.90 Å². The lowest BCUT2D eigenvalue weighted by molar-refractivity contribution is -0.123. The predicted molar refractivity (Wildman–Crippen MR) is 110 cm³/mol. The molecule has 0 spiro atoms. The molecule has 1 atom stereocenters. The Morgan fingerprint density at radius 3 is 2.52 bits per heavy atom. The Kier molecular flexibility index (Phi) is 6.47. The van der Waals surface area contributed by atoms with E-state index in [1.807, 2.05) is 31.2 Å². The van der Waals surface area contributed by atoms with Gasteiger partial charge in [0, 0.05) is 36.2 Å². The topological polar surface area (TPSA) is 55.8 Å². The van der Waals surface area contributed by atoms with Crippen molar-refractivity contribution in [3.8, 4) is 5.75 Å². The number of hydrogen-bond donors (Lipinski definition) is 2. The minimum atomic E-state index is -0.190. The van der Waals surface area contributed by atoms with Crippen LogP contribution in [0.15, 0.2) is 42.5 Å². The standard InChI is InChI=1S/C20H23Cl2N3O2/c1-14(16-7-6-15(21)12-17(16)22)23-20(27)13-24-8-10-25(11-9-24)18-4-2-3-5-19(18)26/h2-7,12,14,26H,8-11,13H2,1H3,(H,23,27). The van der Waals surface area contributed by atoms with Crippen LogP contribution in [0.4, 0.5) is 5.69 Å². The third-order valence-corrected chi connectivity index (χ3v) is 5.33. The summed E-state index contributed by atoms with van der Waals surface area (Å²) in [6, 6.07) is 12.4. The number of rotatable bonds is 5. The van der Waals surface area contributed by atoms with Crippen LogP contribution in [0.5, 0.6) is 5.75 Å². The van der Waals surface area contributed by atoms with Crippen LogP contribution in [0.25, 0.3) is 0 Å². The van der Waals surface area contributed by atoms with Crippen LogP contribution in [0.2, 0.25) is 10.0 Å². The zero-order valence-corrected chi connectivity index (χ0v) is 16.7. The first-order valence-corrected chi connectivity index (χ1v) is 9.69. The number of carbonyl (C=O) groups excluding carboxylic acids is 1. The highest BCUT2D eigenvalue weighted by Crippen LogP contribution is 2.27.